The number of rotatable bonds is 6. The summed E-state index contributed by atoms with van der Waals surface area (Å²) in [6.45, 7) is 0.290. The molecule has 5 heteroatoms. The second kappa shape index (κ2) is 7.93. The number of hydrogen-bond acceptors (Lipinski definition) is 2. The summed E-state index contributed by atoms with van der Waals surface area (Å²) in [7, 11) is 0. The van der Waals surface area contributed by atoms with E-state index in [9.17, 15) is 14.0 Å². The van der Waals surface area contributed by atoms with Crippen LogP contribution in [0, 0.1) is 5.82 Å². The summed E-state index contributed by atoms with van der Waals surface area (Å²) in [6, 6.07) is 15.3. The lowest BCUT2D eigenvalue weighted by atomic mass is 10.1. The highest BCUT2D eigenvalue weighted by atomic mass is 19.1. The summed E-state index contributed by atoms with van der Waals surface area (Å²) in [5.74, 6) is -1.06. The zero-order valence-corrected chi connectivity index (χ0v) is 12.0. The van der Waals surface area contributed by atoms with Crippen molar-refractivity contribution in [3.8, 4) is 0 Å². The molecule has 2 aromatic rings. The fourth-order valence-corrected chi connectivity index (χ4v) is 1.97. The minimum Gasteiger partial charge on any atom is -0.355 e. The van der Waals surface area contributed by atoms with E-state index in [1.165, 1.54) is 6.07 Å². The van der Waals surface area contributed by atoms with Gasteiger partial charge in [-0.25, -0.2) is 4.39 Å². The number of nitrogens with one attached hydrogen (secondary N) is 2. The first-order valence-corrected chi connectivity index (χ1v) is 7.00. The summed E-state index contributed by atoms with van der Waals surface area (Å²) in [6.07, 6.45) is 0.130. The minimum atomic E-state index is -0.384. The maximum atomic E-state index is 13.4. The summed E-state index contributed by atoms with van der Waals surface area (Å²) in [4.78, 5) is 23.3. The van der Waals surface area contributed by atoms with Crippen molar-refractivity contribution in [3.05, 3.63) is 66.0 Å². The molecule has 0 atom stereocenters. The van der Waals surface area contributed by atoms with Crippen molar-refractivity contribution in [2.75, 3.05) is 11.9 Å². The van der Waals surface area contributed by atoms with E-state index in [-0.39, 0.29) is 24.1 Å². The maximum Gasteiger partial charge on any atom is 0.233 e. The van der Waals surface area contributed by atoms with Crippen LogP contribution in [0.1, 0.15) is 12.0 Å². The van der Waals surface area contributed by atoms with Crippen LogP contribution in [0.15, 0.2) is 54.6 Å². The minimum absolute atomic E-state index is 0.258. The number of amides is 2. The van der Waals surface area contributed by atoms with Gasteiger partial charge < -0.3 is 10.6 Å². The Morgan fingerprint density at radius 1 is 0.909 bits per heavy atom. The van der Waals surface area contributed by atoms with Crippen LogP contribution in [-0.2, 0) is 16.0 Å². The van der Waals surface area contributed by atoms with Gasteiger partial charge in [0.05, 0.1) is 0 Å². The Bertz CT molecular complexity index is 644. The molecular weight excluding hydrogens is 283 g/mol. The number of anilines is 1. The molecule has 2 amide bonds. The zero-order chi connectivity index (χ0) is 15.8. The first kappa shape index (κ1) is 15.7. The van der Waals surface area contributed by atoms with Crippen molar-refractivity contribution < 1.29 is 14.0 Å². The van der Waals surface area contributed by atoms with Crippen LogP contribution in [-0.4, -0.2) is 18.4 Å². The Morgan fingerprint density at radius 2 is 1.59 bits per heavy atom. The molecule has 0 aromatic heterocycles. The van der Waals surface area contributed by atoms with Crippen LogP contribution < -0.4 is 10.6 Å². The van der Waals surface area contributed by atoms with Crippen LogP contribution >= 0.6 is 0 Å². The predicted molar refractivity (Wildman–Crippen MR) is 82.8 cm³/mol. The Labute approximate surface area is 128 Å². The first-order chi connectivity index (χ1) is 10.6. The highest BCUT2D eigenvalue weighted by molar-refractivity contribution is 6.03. The van der Waals surface area contributed by atoms with Gasteiger partial charge in [0.25, 0.3) is 0 Å². The standard InChI is InChI=1S/C17H17FN2O2/c18-15-9-5-4-6-13(15)10-11-19-16(21)12-17(22)20-14-7-2-1-3-8-14/h1-9H,10-12H2,(H,19,21)(H,20,22). The van der Waals surface area contributed by atoms with Crippen molar-refractivity contribution in [1.29, 1.82) is 0 Å². The van der Waals surface area contributed by atoms with Gasteiger partial charge in [-0.3, -0.25) is 9.59 Å². The SMILES string of the molecule is O=C(CC(=O)Nc1ccccc1)NCCc1ccccc1F. The molecule has 0 unspecified atom stereocenters. The van der Waals surface area contributed by atoms with E-state index >= 15 is 0 Å². The highest BCUT2D eigenvalue weighted by Crippen LogP contribution is 2.07. The molecule has 114 valence electrons. The van der Waals surface area contributed by atoms with E-state index in [2.05, 4.69) is 10.6 Å². The average Bonchev–Trinajstić information content (AvgIpc) is 2.50. The lowest BCUT2D eigenvalue weighted by Gasteiger charge is -2.07. The molecule has 0 spiro atoms. The van der Waals surface area contributed by atoms with Crippen molar-refractivity contribution in [2.24, 2.45) is 0 Å². The predicted octanol–water partition coefficient (Wildman–Crippen LogP) is 2.51. The Balaban J connectivity index is 1.72. The van der Waals surface area contributed by atoms with E-state index in [1.54, 1.807) is 42.5 Å². The van der Waals surface area contributed by atoms with Crippen LogP contribution in [0.25, 0.3) is 0 Å². The summed E-state index contributed by atoms with van der Waals surface area (Å²) in [5, 5.41) is 5.24. The number of carbonyl (C=O) groups is 2. The molecule has 0 aliphatic carbocycles. The molecular formula is C17H17FN2O2. The molecule has 0 bridgehead atoms. The van der Waals surface area contributed by atoms with Crippen LogP contribution in [0.4, 0.5) is 10.1 Å². The third-order valence-electron chi connectivity index (χ3n) is 3.05. The molecule has 22 heavy (non-hydrogen) atoms. The van der Waals surface area contributed by atoms with E-state index in [0.29, 0.717) is 24.2 Å². The number of halogens is 1. The molecule has 0 heterocycles. The molecule has 0 saturated carbocycles. The van der Waals surface area contributed by atoms with Gasteiger partial charge in [-0.15, -0.1) is 0 Å². The van der Waals surface area contributed by atoms with Crippen LogP contribution in [0.5, 0.6) is 0 Å². The van der Waals surface area contributed by atoms with Crippen molar-refractivity contribution in [3.63, 3.8) is 0 Å². The van der Waals surface area contributed by atoms with Gasteiger partial charge in [0.2, 0.25) is 11.8 Å². The first-order valence-electron chi connectivity index (χ1n) is 7.00. The quantitative estimate of drug-likeness (QED) is 0.805. The van der Waals surface area contributed by atoms with E-state index in [1.807, 2.05) is 6.07 Å². The van der Waals surface area contributed by atoms with Gasteiger partial charge in [-0.05, 0) is 30.2 Å². The van der Waals surface area contributed by atoms with Crippen LogP contribution in [0.2, 0.25) is 0 Å². The molecule has 2 rings (SSSR count). The molecule has 0 aliphatic heterocycles. The van der Waals surface area contributed by atoms with Crippen molar-refractivity contribution in [1.82, 2.24) is 5.32 Å². The fraction of sp³-hybridized carbons (Fsp3) is 0.176. The summed E-state index contributed by atoms with van der Waals surface area (Å²) < 4.78 is 13.4. The van der Waals surface area contributed by atoms with Gasteiger partial charge in [0, 0.05) is 12.2 Å². The second-order valence-corrected chi connectivity index (χ2v) is 4.78. The Morgan fingerprint density at radius 3 is 2.32 bits per heavy atom. The third-order valence-corrected chi connectivity index (χ3v) is 3.05. The van der Waals surface area contributed by atoms with Gasteiger partial charge in [0.1, 0.15) is 12.2 Å². The van der Waals surface area contributed by atoms with Gasteiger partial charge in [-0.1, -0.05) is 36.4 Å². The van der Waals surface area contributed by atoms with E-state index in [4.69, 9.17) is 0 Å². The zero-order valence-electron chi connectivity index (χ0n) is 12.0. The van der Waals surface area contributed by atoms with E-state index < -0.39 is 0 Å². The summed E-state index contributed by atoms with van der Waals surface area (Å²) in [5.41, 5.74) is 1.18. The number of carbonyl (C=O) groups excluding carboxylic acids is 2. The van der Waals surface area contributed by atoms with Crippen LogP contribution in [0.3, 0.4) is 0 Å². The normalized spacial score (nSPS) is 10.0. The average molecular weight is 300 g/mol. The molecule has 0 aliphatic rings. The number of hydrogen-bond donors (Lipinski definition) is 2. The topological polar surface area (TPSA) is 58.2 Å². The molecule has 2 aromatic carbocycles. The van der Waals surface area contributed by atoms with E-state index in [0.717, 1.165) is 0 Å². The molecule has 0 fully saturated rings. The number of para-hydroxylation sites is 1. The Hall–Kier alpha value is -2.69. The lowest BCUT2D eigenvalue weighted by Crippen LogP contribution is -2.29. The van der Waals surface area contributed by atoms with Gasteiger partial charge in [-0.2, -0.15) is 0 Å². The molecule has 0 saturated heterocycles. The molecule has 4 nitrogen and oxygen atoms in total. The largest absolute Gasteiger partial charge is 0.355 e. The van der Waals surface area contributed by atoms with Crippen molar-refractivity contribution >= 4 is 17.5 Å². The third kappa shape index (κ3) is 5.01. The van der Waals surface area contributed by atoms with Gasteiger partial charge in [0.15, 0.2) is 0 Å². The monoisotopic (exact) mass is 300 g/mol. The summed E-state index contributed by atoms with van der Waals surface area (Å²) >= 11 is 0. The highest BCUT2D eigenvalue weighted by Gasteiger charge is 2.09. The lowest BCUT2D eigenvalue weighted by molar-refractivity contribution is -0.126. The number of benzene rings is 2. The van der Waals surface area contributed by atoms with Crippen molar-refractivity contribution in [2.45, 2.75) is 12.8 Å². The van der Waals surface area contributed by atoms with Gasteiger partial charge >= 0.3 is 0 Å². The molecule has 2 N–H and O–H groups in total. The molecule has 0 radical (unpaired) electrons. The maximum absolute atomic E-state index is 13.4. The fourth-order valence-electron chi connectivity index (χ4n) is 1.97. The Kier molecular flexibility index (Phi) is 5.65. The second-order valence-electron chi connectivity index (χ2n) is 4.78. The smallest absolute Gasteiger partial charge is 0.233 e.